The third kappa shape index (κ3) is 3.35. The van der Waals surface area contributed by atoms with Crippen LogP contribution in [0.5, 0.6) is 0 Å². The first-order chi connectivity index (χ1) is 9.10. The van der Waals surface area contributed by atoms with Crippen molar-refractivity contribution >= 4 is 23.0 Å². The Balaban J connectivity index is 2.23. The third-order valence-electron chi connectivity index (χ3n) is 2.85. The lowest BCUT2D eigenvalue weighted by molar-refractivity contribution is -0.141. The van der Waals surface area contributed by atoms with E-state index < -0.39 is 6.04 Å². The van der Waals surface area contributed by atoms with Crippen LogP contribution in [0.4, 0.5) is 5.69 Å². The minimum Gasteiger partial charge on any atom is -0.467 e. The normalized spacial score (nSPS) is 11.9. The number of hydrogen-bond acceptors (Lipinski definition) is 4. The molecule has 0 aliphatic heterocycles. The van der Waals surface area contributed by atoms with Crippen LogP contribution in [-0.4, -0.2) is 13.1 Å². The van der Waals surface area contributed by atoms with Gasteiger partial charge in [0.15, 0.2) is 6.04 Å². The van der Waals surface area contributed by atoms with Crippen LogP contribution in [0, 0.1) is 13.8 Å². The highest BCUT2D eigenvalue weighted by atomic mass is 32.1. The summed E-state index contributed by atoms with van der Waals surface area (Å²) in [5.41, 5.74) is 2.10. The molecule has 2 aromatic rings. The summed E-state index contributed by atoms with van der Waals surface area (Å²) < 4.78 is 4.88. The molecule has 1 aromatic heterocycles. The Kier molecular flexibility index (Phi) is 4.22. The summed E-state index contributed by atoms with van der Waals surface area (Å²) in [6.45, 7) is 4.05. The number of rotatable bonds is 4. The number of benzene rings is 1. The molecule has 0 aliphatic carbocycles. The van der Waals surface area contributed by atoms with Crippen molar-refractivity contribution in [3.8, 4) is 0 Å². The van der Waals surface area contributed by atoms with Gasteiger partial charge < -0.3 is 10.1 Å². The molecule has 0 spiro atoms. The van der Waals surface area contributed by atoms with Crippen molar-refractivity contribution in [2.45, 2.75) is 19.9 Å². The molecule has 19 heavy (non-hydrogen) atoms. The zero-order chi connectivity index (χ0) is 13.8. The Morgan fingerprint density at radius 1 is 1.16 bits per heavy atom. The van der Waals surface area contributed by atoms with Crippen molar-refractivity contribution in [3.05, 3.63) is 51.7 Å². The quantitative estimate of drug-likeness (QED) is 0.865. The smallest absolute Gasteiger partial charge is 0.333 e. The predicted molar refractivity (Wildman–Crippen MR) is 78.6 cm³/mol. The Labute approximate surface area is 117 Å². The minimum absolute atomic E-state index is 0.276. The third-order valence-corrected chi connectivity index (χ3v) is 3.91. The predicted octanol–water partition coefficient (Wildman–Crippen LogP) is 3.69. The van der Waals surface area contributed by atoms with E-state index in [1.54, 1.807) is 11.3 Å². The number of esters is 1. The standard InChI is InChI=1S/C15H17NO2S/c1-10-4-7-12(8-5-10)16-14(15(17)18-3)13-9-6-11(2)19-13/h4-9,14,16H,1-3H3. The first kappa shape index (κ1) is 13.6. The van der Waals surface area contributed by atoms with Gasteiger partial charge in [0.1, 0.15) is 0 Å². The zero-order valence-electron chi connectivity index (χ0n) is 11.3. The van der Waals surface area contributed by atoms with Crippen LogP contribution in [0.25, 0.3) is 0 Å². The molecule has 4 heteroatoms. The molecule has 100 valence electrons. The second kappa shape index (κ2) is 5.89. The average Bonchev–Trinajstić information content (AvgIpc) is 2.83. The molecule has 1 atom stereocenters. The van der Waals surface area contributed by atoms with Crippen LogP contribution in [0.1, 0.15) is 21.4 Å². The van der Waals surface area contributed by atoms with Gasteiger partial charge in [-0.1, -0.05) is 17.7 Å². The molecule has 1 heterocycles. The van der Waals surface area contributed by atoms with E-state index in [9.17, 15) is 4.79 Å². The Hall–Kier alpha value is -1.81. The fraction of sp³-hybridized carbons (Fsp3) is 0.267. The number of methoxy groups -OCH3 is 1. The number of ether oxygens (including phenoxy) is 1. The lowest BCUT2D eigenvalue weighted by atomic mass is 10.2. The van der Waals surface area contributed by atoms with E-state index in [0.29, 0.717) is 0 Å². The maximum Gasteiger partial charge on any atom is 0.333 e. The van der Waals surface area contributed by atoms with E-state index in [-0.39, 0.29) is 5.97 Å². The SMILES string of the molecule is COC(=O)C(Nc1ccc(C)cc1)c1ccc(C)s1. The molecule has 0 radical (unpaired) electrons. The molecule has 1 unspecified atom stereocenters. The van der Waals surface area contributed by atoms with Crippen molar-refractivity contribution in [1.29, 1.82) is 0 Å². The van der Waals surface area contributed by atoms with Gasteiger partial charge in [0.25, 0.3) is 0 Å². The van der Waals surface area contributed by atoms with Crippen LogP contribution in [0.3, 0.4) is 0 Å². The summed E-state index contributed by atoms with van der Waals surface area (Å²) in [4.78, 5) is 14.1. The van der Waals surface area contributed by atoms with Crippen LogP contribution in [0.15, 0.2) is 36.4 Å². The van der Waals surface area contributed by atoms with Crippen molar-refractivity contribution in [3.63, 3.8) is 0 Å². The highest BCUT2D eigenvalue weighted by Gasteiger charge is 2.22. The lowest BCUT2D eigenvalue weighted by Gasteiger charge is -2.16. The van der Waals surface area contributed by atoms with Crippen LogP contribution >= 0.6 is 11.3 Å². The van der Waals surface area contributed by atoms with Crippen LogP contribution in [-0.2, 0) is 9.53 Å². The van der Waals surface area contributed by atoms with E-state index >= 15 is 0 Å². The van der Waals surface area contributed by atoms with Crippen molar-refractivity contribution < 1.29 is 9.53 Å². The summed E-state index contributed by atoms with van der Waals surface area (Å²) in [6, 6.07) is 11.5. The van der Waals surface area contributed by atoms with Gasteiger partial charge in [-0.15, -0.1) is 11.3 Å². The average molecular weight is 275 g/mol. The number of nitrogens with one attached hydrogen (secondary N) is 1. The van der Waals surface area contributed by atoms with E-state index in [1.165, 1.54) is 17.6 Å². The van der Waals surface area contributed by atoms with E-state index in [0.717, 1.165) is 10.6 Å². The van der Waals surface area contributed by atoms with Crippen LogP contribution < -0.4 is 5.32 Å². The van der Waals surface area contributed by atoms with Crippen LogP contribution in [0.2, 0.25) is 0 Å². The maximum atomic E-state index is 11.9. The highest BCUT2D eigenvalue weighted by Crippen LogP contribution is 2.27. The van der Waals surface area contributed by atoms with Crippen molar-refractivity contribution in [2.75, 3.05) is 12.4 Å². The summed E-state index contributed by atoms with van der Waals surface area (Å²) in [5.74, 6) is -0.276. The van der Waals surface area contributed by atoms with Gasteiger partial charge in [0.2, 0.25) is 0 Å². The van der Waals surface area contributed by atoms with Gasteiger partial charge >= 0.3 is 5.97 Å². The molecule has 0 aliphatic rings. The van der Waals surface area contributed by atoms with Gasteiger partial charge in [-0.25, -0.2) is 4.79 Å². The Bertz CT molecular complexity index is 560. The molecular formula is C15H17NO2S. The zero-order valence-corrected chi connectivity index (χ0v) is 12.1. The molecule has 3 nitrogen and oxygen atoms in total. The molecular weight excluding hydrogens is 258 g/mol. The maximum absolute atomic E-state index is 11.9. The van der Waals surface area contributed by atoms with Gasteiger partial charge in [-0.2, -0.15) is 0 Å². The van der Waals surface area contributed by atoms with Gasteiger partial charge in [-0.3, -0.25) is 0 Å². The Morgan fingerprint density at radius 2 is 1.84 bits per heavy atom. The number of aryl methyl sites for hydroxylation is 2. The number of hydrogen-bond donors (Lipinski definition) is 1. The first-order valence-corrected chi connectivity index (χ1v) is 6.89. The number of anilines is 1. The molecule has 0 fully saturated rings. The number of carbonyl (C=O) groups is 1. The first-order valence-electron chi connectivity index (χ1n) is 6.07. The largest absolute Gasteiger partial charge is 0.467 e. The molecule has 0 saturated carbocycles. The number of carbonyl (C=O) groups excluding carboxylic acids is 1. The number of thiophene rings is 1. The molecule has 1 aromatic carbocycles. The topological polar surface area (TPSA) is 38.3 Å². The highest BCUT2D eigenvalue weighted by molar-refractivity contribution is 7.12. The molecule has 2 rings (SSSR count). The molecule has 0 amide bonds. The Morgan fingerprint density at radius 3 is 2.37 bits per heavy atom. The molecule has 1 N–H and O–H groups in total. The van der Waals surface area contributed by atoms with Crippen molar-refractivity contribution in [2.24, 2.45) is 0 Å². The van der Waals surface area contributed by atoms with Gasteiger partial charge in [0.05, 0.1) is 7.11 Å². The monoisotopic (exact) mass is 275 g/mol. The second-order valence-corrected chi connectivity index (χ2v) is 5.73. The van der Waals surface area contributed by atoms with E-state index in [1.807, 2.05) is 50.2 Å². The summed E-state index contributed by atoms with van der Waals surface area (Å²) in [6.07, 6.45) is 0. The summed E-state index contributed by atoms with van der Waals surface area (Å²) in [7, 11) is 1.41. The minimum atomic E-state index is -0.452. The van der Waals surface area contributed by atoms with Gasteiger partial charge in [-0.05, 0) is 38.1 Å². The summed E-state index contributed by atoms with van der Waals surface area (Å²) in [5, 5.41) is 3.22. The fourth-order valence-electron chi connectivity index (χ4n) is 1.79. The van der Waals surface area contributed by atoms with E-state index in [2.05, 4.69) is 5.32 Å². The summed E-state index contributed by atoms with van der Waals surface area (Å²) >= 11 is 1.60. The van der Waals surface area contributed by atoms with Gasteiger partial charge in [0, 0.05) is 15.4 Å². The fourth-order valence-corrected chi connectivity index (χ4v) is 2.71. The lowest BCUT2D eigenvalue weighted by Crippen LogP contribution is -2.21. The molecule has 0 bridgehead atoms. The molecule has 0 saturated heterocycles. The second-order valence-electron chi connectivity index (χ2n) is 4.41. The van der Waals surface area contributed by atoms with Crippen molar-refractivity contribution in [1.82, 2.24) is 0 Å². The van der Waals surface area contributed by atoms with E-state index in [4.69, 9.17) is 4.74 Å².